The lowest BCUT2D eigenvalue weighted by molar-refractivity contribution is -0.133. The third-order valence-corrected chi connectivity index (χ3v) is 8.67. The first-order valence-electron chi connectivity index (χ1n) is 10.8. The molecule has 1 amide bonds. The van der Waals surface area contributed by atoms with Gasteiger partial charge >= 0.3 is 0 Å². The second kappa shape index (κ2) is 10.2. The van der Waals surface area contributed by atoms with Gasteiger partial charge in [0.05, 0.1) is 16.4 Å². The molecule has 0 radical (unpaired) electrons. The van der Waals surface area contributed by atoms with Gasteiger partial charge in [-0.05, 0) is 56.5 Å². The van der Waals surface area contributed by atoms with Crippen molar-refractivity contribution < 1.29 is 26.4 Å². The van der Waals surface area contributed by atoms with Crippen LogP contribution in [0.15, 0.2) is 58.3 Å². The van der Waals surface area contributed by atoms with E-state index in [0.29, 0.717) is 44.7 Å². The number of aryl methyl sites for hydroxylation is 1. The van der Waals surface area contributed by atoms with E-state index in [0.717, 1.165) is 11.8 Å². The zero-order valence-electron chi connectivity index (χ0n) is 19.1. The molecular weight excluding hydrogens is 464 g/mol. The van der Waals surface area contributed by atoms with Gasteiger partial charge in [0.1, 0.15) is 11.8 Å². The predicted octanol–water partition coefficient (Wildman–Crippen LogP) is 2.48. The maximum atomic E-state index is 13.1. The average Bonchev–Trinajstić information content (AvgIpc) is 3.27. The van der Waals surface area contributed by atoms with Gasteiger partial charge in [-0.1, -0.05) is 23.8 Å². The Bertz CT molecular complexity index is 1190. The molecule has 1 fully saturated rings. The van der Waals surface area contributed by atoms with Crippen molar-refractivity contribution >= 4 is 25.8 Å². The summed E-state index contributed by atoms with van der Waals surface area (Å²) in [7, 11) is -5.41. The van der Waals surface area contributed by atoms with Gasteiger partial charge in [-0.25, -0.2) is 16.8 Å². The van der Waals surface area contributed by atoms with Gasteiger partial charge in [0.2, 0.25) is 15.9 Å². The lowest BCUT2D eigenvalue weighted by Gasteiger charge is -2.27. The molecule has 0 N–H and O–H groups in total. The molecule has 0 unspecified atom stereocenters. The number of rotatable bonds is 9. The van der Waals surface area contributed by atoms with Crippen molar-refractivity contribution in [2.45, 2.75) is 42.0 Å². The number of benzene rings is 2. The van der Waals surface area contributed by atoms with Gasteiger partial charge in [0.25, 0.3) is 0 Å². The zero-order valence-corrected chi connectivity index (χ0v) is 20.7. The molecule has 3 rings (SSSR count). The van der Waals surface area contributed by atoms with Crippen LogP contribution in [0.5, 0.6) is 5.75 Å². The molecule has 1 aliphatic rings. The summed E-state index contributed by atoms with van der Waals surface area (Å²) in [6.45, 7) is 2.89. The first-order valence-corrected chi connectivity index (χ1v) is 14.1. The molecule has 33 heavy (non-hydrogen) atoms. The van der Waals surface area contributed by atoms with Crippen molar-refractivity contribution in [3.63, 3.8) is 0 Å². The van der Waals surface area contributed by atoms with Crippen molar-refractivity contribution in [3.8, 4) is 5.75 Å². The fourth-order valence-electron chi connectivity index (χ4n) is 3.77. The van der Waals surface area contributed by atoms with Crippen molar-refractivity contribution in [2.24, 2.45) is 0 Å². The third kappa shape index (κ3) is 6.13. The Balaban J connectivity index is 1.56. The number of likely N-dealkylation sites (N-methyl/N-ethyl adjacent to an activating group) is 1. The summed E-state index contributed by atoms with van der Waals surface area (Å²) in [5.41, 5.74) is 0.966. The Labute approximate surface area is 196 Å². The number of ether oxygens (including phenoxy) is 1. The van der Waals surface area contributed by atoms with Crippen molar-refractivity contribution in [3.05, 3.63) is 54.1 Å². The third-order valence-electron chi connectivity index (χ3n) is 5.63. The first-order chi connectivity index (χ1) is 15.5. The van der Waals surface area contributed by atoms with E-state index in [2.05, 4.69) is 0 Å². The molecule has 0 spiro atoms. The van der Waals surface area contributed by atoms with Crippen molar-refractivity contribution in [1.29, 1.82) is 0 Å². The molecular formula is C23H30N2O6S2. The number of hydrogen-bond donors (Lipinski definition) is 0. The van der Waals surface area contributed by atoms with E-state index in [1.54, 1.807) is 43.4 Å². The van der Waals surface area contributed by atoms with Crippen molar-refractivity contribution in [2.75, 3.05) is 33.0 Å². The van der Waals surface area contributed by atoms with Crippen LogP contribution >= 0.6 is 0 Å². The Morgan fingerprint density at radius 3 is 2.45 bits per heavy atom. The van der Waals surface area contributed by atoms with Gasteiger partial charge < -0.3 is 9.64 Å². The monoisotopic (exact) mass is 494 g/mol. The molecule has 1 saturated heterocycles. The van der Waals surface area contributed by atoms with Gasteiger partial charge in [-0.2, -0.15) is 4.31 Å². The lowest BCUT2D eigenvalue weighted by Crippen LogP contribution is -2.46. The average molecular weight is 495 g/mol. The first kappa shape index (κ1) is 25.2. The van der Waals surface area contributed by atoms with E-state index < -0.39 is 25.9 Å². The van der Waals surface area contributed by atoms with E-state index in [-0.39, 0.29) is 15.7 Å². The molecule has 0 aromatic heterocycles. The van der Waals surface area contributed by atoms with Crippen LogP contribution in [0.4, 0.5) is 0 Å². The molecule has 8 nitrogen and oxygen atoms in total. The van der Waals surface area contributed by atoms with E-state index in [4.69, 9.17) is 4.74 Å². The zero-order chi connectivity index (χ0) is 24.2. The highest BCUT2D eigenvalue weighted by Gasteiger charge is 2.40. The lowest BCUT2D eigenvalue weighted by atomic mass is 10.2. The van der Waals surface area contributed by atoms with Crippen LogP contribution in [0.25, 0.3) is 0 Å². The second-order valence-corrected chi connectivity index (χ2v) is 12.2. The van der Waals surface area contributed by atoms with E-state index in [1.807, 2.05) is 6.92 Å². The minimum absolute atomic E-state index is 0.184. The van der Waals surface area contributed by atoms with E-state index in [9.17, 15) is 21.6 Å². The van der Waals surface area contributed by atoms with Gasteiger partial charge in [-0.15, -0.1) is 0 Å². The molecule has 1 heterocycles. The van der Waals surface area contributed by atoms with Crippen LogP contribution in [0.3, 0.4) is 0 Å². The molecule has 0 bridgehead atoms. The summed E-state index contributed by atoms with van der Waals surface area (Å²) in [5.74, 6) is 0.209. The topological polar surface area (TPSA) is 101 Å². The SMILES string of the molecule is Cc1ccc(S(=O)(=O)N2CCC[C@H]2C(=O)N(C)CCCOc2cccc(S(C)(=O)=O)c2)cc1. The van der Waals surface area contributed by atoms with Crippen LogP contribution in [0, 0.1) is 6.92 Å². The van der Waals surface area contributed by atoms with Gasteiger partial charge in [0, 0.05) is 26.4 Å². The number of sulfone groups is 1. The molecule has 10 heteroatoms. The van der Waals surface area contributed by atoms with Crippen LogP contribution in [-0.2, 0) is 24.7 Å². The van der Waals surface area contributed by atoms with E-state index >= 15 is 0 Å². The van der Waals surface area contributed by atoms with Gasteiger partial charge in [-0.3, -0.25) is 4.79 Å². The highest BCUT2D eigenvalue weighted by Crippen LogP contribution is 2.27. The summed E-state index contributed by atoms with van der Waals surface area (Å²) in [6.07, 6.45) is 2.78. The summed E-state index contributed by atoms with van der Waals surface area (Å²) in [4.78, 5) is 14.9. The Morgan fingerprint density at radius 1 is 1.09 bits per heavy atom. The molecule has 1 aliphatic heterocycles. The standard InChI is InChI=1S/C23H30N2O6S2/c1-18-10-12-20(13-11-18)33(29,30)25-15-5-9-22(25)23(26)24(2)14-6-16-31-19-7-4-8-21(17-19)32(3,27)28/h4,7-8,10-13,17,22H,5-6,9,14-16H2,1-3H3/t22-/m0/s1. The minimum Gasteiger partial charge on any atom is -0.493 e. The minimum atomic E-state index is -3.75. The summed E-state index contributed by atoms with van der Waals surface area (Å²) in [6, 6.07) is 12.2. The number of sulfonamides is 1. The molecule has 2 aromatic carbocycles. The number of amides is 1. The molecule has 0 aliphatic carbocycles. The Hall–Kier alpha value is -2.43. The predicted molar refractivity (Wildman–Crippen MR) is 125 cm³/mol. The number of nitrogens with zero attached hydrogens (tertiary/aromatic N) is 2. The fourth-order valence-corrected chi connectivity index (χ4v) is 6.08. The highest BCUT2D eigenvalue weighted by molar-refractivity contribution is 7.90. The highest BCUT2D eigenvalue weighted by atomic mass is 32.2. The Morgan fingerprint density at radius 2 is 1.79 bits per heavy atom. The van der Waals surface area contributed by atoms with Crippen molar-refractivity contribution in [1.82, 2.24) is 9.21 Å². The number of carbonyl (C=O) groups is 1. The summed E-state index contributed by atoms with van der Waals surface area (Å²) < 4.78 is 56.4. The van der Waals surface area contributed by atoms with Gasteiger partial charge in [0.15, 0.2) is 9.84 Å². The maximum Gasteiger partial charge on any atom is 0.243 e. The molecule has 1 atom stereocenters. The normalized spacial score (nSPS) is 17.1. The Kier molecular flexibility index (Phi) is 7.81. The van der Waals surface area contributed by atoms with Crippen LogP contribution in [-0.4, -0.2) is 71.0 Å². The maximum absolute atomic E-state index is 13.1. The summed E-state index contributed by atoms with van der Waals surface area (Å²) in [5, 5.41) is 0. The molecule has 180 valence electrons. The van der Waals surface area contributed by atoms with Crippen LogP contribution < -0.4 is 4.74 Å². The van der Waals surface area contributed by atoms with E-state index in [1.165, 1.54) is 21.3 Å². The molecule has 0 saturated carbocycles. The number of carbonyl (C=O) groups excluding carboxylic acids is 1. The second-order valence-electron chi connectivity index (χ2n) is 8.30. The fraction of sp³-hybridized carbons (Fsp3) is 0.435. The molecule has 2 aromatic rings. The quantitative estimate of drug-likeness (QED) is 0.497. The number of hydrogen-bond acceptors (Lipinski definition) is 6. The van der Waals surface area contributed by atoms with Crippen LogP contribution in [0.1, 0.15) is 24.8 Å². The van der Waals surface area contributed by atoms with Crippen LogP contribution in [0.2, 0.25) is 0 Å². The largest absolute Gasteiger partial charge is 0.493 e. The summed E-state index contributed by atoms with van der Waals surface area (Å²) >= 11 is 0. The smallest absolute Gasteiger partial charge is 0.243 e.